The zero-order valence-corrected chi connectivity index (χ0v) is 15.0. The molecular formula is C20H21N3O4. The van der Waals surface area contributed by atoms with Gasteiger partial charge in [0, 0.05) is 24.7 Å². The number of nitrogens with zero attached hydrogens (tertiary/aromatic N) is 2. The van der Waals surface area contributed by atoms with Gasteiger partial charge in [0.1, 0.15) is 11.4 Å². The van der Waals surface area contributed by atoms with Gasteiger partial charge in [-0.15, -0.1) is 0 Å². The van der Waals surface area contributed by atoms with E-state index in [1.165, 1.54) is 18.2 Å². The summed E-state index contributed by atoms with van der Waals surface area (Å²) < 4.78 is 0. The van der Waals surface area contributed by atoms with Crippen molar-refractivity contribution in [1.82, 2.24) is 15.2 Å². The lowest BCUT2D eigenvalue weighted by molar-refractivity contribution is 0.0687. The minimum atomic E-state index is -1.16. The Labute approximate surface area is 157 Å². The molecule has 1 saturated heterocycles. The van der Waals surface area contributed by atoms with Crippen molar-refractivity contribution in [3.8, 4) is 0 Å². The van der Waals surface area contributed by atoms with Gasteiger partial charge >= 0.3 is 5.97 Å². The SMILES string of the molecule is Cc1ccccc1C(=O)NC1CCN(C(=O)c2cccc(C(=O)O)n2)CC1. The Morgan fingerprint density at radius 1 is 1.04 bits per heavy atom. The summed E-state index contributed by atoms with van der Waals surface area (Å²) in [5.74, 6) is -1.56. The summed E-state index contributed by atoms with van der Waals surface area (Å²) in [4.78, 5) is 41.5. The van der Waals surface area contributed by atoms with Crippen LogP contribution in [-0.4, -0.2) is 51.9 Å². The zero-order chi connectivity index (χ0) is 19.4. The number of benzene rings is 1. The lowest BCUT2D eigenvalue weighted by atomic mass is 10.0. The molecule has 7 heteroatoms. The number of piperidine rings is 1. The number of amides is 2. The molecule has 7 nitrogen and oxygen atoms in total. The van der Waals surface area contributed by atoms with Gasteiger partial charge < -0.3 is 15.3 Å². The van der Waals surface area contributed by atoms with E-state index in [4.69, 9.17) is 5.11 Å². The maximum atomic E-state index is 12.6. The average Bonchev–Trinajstić information content (AvgIpc) is 2.68. The van der Waals surface area contributed by atoms with Crippen molar-refractivity contribution in [2.24, 2.45) is 0 Å². The van der Waals surface area contributed by atoms with Gasteiger partial charge in [-0.2, -0.15) is 0 Å². The molecule has 2 amide bonds. The van der Waals surface area contributed by atoms with Crippen molar-refractivity contribution < 1.29 is 19.5 Å². The molecule has 1 aromatic carbocycles. The number of pyridine rings is 1. The lowest BCUT2D eigenvalue weighted by Gasteiger charge is -2.32. The summed E-state index contributed by atoms with van der Waals surface area (Å²) >= 11 is 0. The van der Waals surface area contributed by atoms with E-state index in [9.17, 15) is 14.4 Å². The molecule has 0 radical (unpaired) electrons. The van der Waals surface area contributed by atoms with Crippen LogP contribution in [0.5, 0.6) is 0 Å². The second kappa shape index (κ2) is 7.99. The van der Waals surface area contributed by atoms with Crippen LogP contribution in [0.15, 0.2) is 42.5 Å². The van der Waals surface area contributed by atoms with Gasteiger partial charge in [-0.1, -0.05) is 24.3 Å². The topological polar surface area (TPSA) is 99.6 Å². The Morgan fingerprint density at radius 2 is 1.70 bits per heavy atom. The number of aryl methyl sites for hydroxylation is 1. The molecule has 0 spiro atoms. The van der Waals surface area contributed by atoms with Crippen LogP contribution in [0.25, 0.3) is 0 Å². The number of carboxylic acid groups (broad SMARTS) is 1. The van der Waals surface area contributed by atoms with Crippen LogP contribution >= 0.6 is 0 Å². The molecule has 0 aliphatic carbocycles. The summed E-state index contributed by atoms with van der Waals surface area (Å²) in [6.45, 7) is 2.86. The van der Waals surface area contributed by atoms with Crippen LogP contribution in [-0.2, 0) is 0 Å². The number of aromatic carboxylic acids is 1. The highest BCUT2D eigenvalue weighted by Crippen LogP contribution is 2.15. The van der Waals surface area contributed by atoms with Crippen LogP contribution in [0, 0.1) is 6.92 Å². The number of hydrogen-bond donors (Lipinski definition) is 2. The molecule has 140 valence electrons. The number of hydrogen-bond acceptors (Lipinski definition) is 4. The summed E-state index contributed by atoms with van der Waals surface area (Å²) in [6, 6.07) is 11.8. The predicted octanol–water partition coefficient (Wildman–Crippen LogP) is 2.12. The Hall–Kier alpha value is -3.22. The van der Waals surface area contributed by atoms with E-state index in [0.717, 1.165) is 5.56 Å². The van der Waals surface area contributed by atoms with Crippen LogP contribution in [0.2, 0.25) is 0 Å². The van der Waals surface area contributed by atoms with E-state index in [2.05, 4.69) is 10.3 Å². The van der Waals surface area contributed by atoms with Gasteiger partial charge in [0.05, 0.1) is 0 Å². The minimum absolute atomic E-state index is 0.000491. The fourth-order valence-corrected chi connectivity index (χ4v) is 3.15. The van der Waals surface area contributed by atoms with Gasteiger partial charge in [-0.25, -0.2) is 9.78 Å². The van der Waals surface area contributed by atoms with Gasteiger partial charge in [0.25, 0.3) is 11.8 Å². The second-order valence-corrected chi connectivity index (χ2v) is 6.57. The van der Waals surface area contributed by atoms with Crippen LogP contribution in [0.3, 0.4) is 0 Å². The summed E-state index contributed by atoms with van der Waals surface area (Å²) in [7, 11) is 0. The molecule has 1 fully saturated rings. The van der Waals surface area contributed by atoms with E-state index in [-0.39, 0.29) is 29.2 Å². The third kappa shape index (κ3) is 4.31. The van der Waals surface area contributed by atoms with Gasteiger partial charge in [0.2, 0.25) is 0 Å². The van der Waals surface area contributed by atoms with E-state index >= 15 is 0 Å². The number of nitrogens with one attached hydrogen (secondary N) is 1. The minimum Gasteiger partial charge on any atom is -0.477 e. The smallest absolute Gasteiger partial charge is 0.354 e. The number of rotatable bonds is 4. The van der Waals surface area contributed by atoms with Crippen molar-refractivity contribution in [2.45, 2.75) is 25.8 Å². The monoisotopic (exact) mass is 367 g/mol. The largest absolute Gasteiger partial charge is 0.477 e. The zero-order valence-electron chi connectivity index (χ0n) is 15.0. The van der Waals surface area contributed by atoms with Crippen molar-refractivity contribution in [2.75, 3.05) is 13.1 Å². The van der Waals surface area contributed by atoms with E-state index < -0.39 is 5.97 Å². The highest BCUT2D eigenvalue weighted by atomic mass is 16.4. The first-order valence-electron chi connectivity index (χ1n) is 8.82. The quantitative estimate of drug-likeness (QED) is 0.862. The molecule has 2 heterocycles. The molecule has 0 atom stereocenters. The molecule has 0 bridgehead atoms. The fourth-order valence-electron chi connectivity index (χ4n) is 3.15. The number of carboxylic acids is 1. The Balaban J connectivity index is 1.58. The summed E-state index contributed by atoms with van der Waals surface area (Å²) in [5.41, 5.74) is 1.55. The molecule has 1 aromatic heterocycles. The molecule has 1 aliphatic heterocycles. The molecule has 0 unspecified atom stereocenters. The first kappa shape index (κ1) is 18.6. The molecule has 0 saturated carbocycles. The van der Waals surface area contributed by atoms with Crippen molar-refractivity contribution in [3.05, 3.63) is 65.0 Å². The Bertz CT molecular complexity index is 873. The van der Waals surface area contributed by atoms with E-state index in [1.54, 1.807) is 11.0 Å². The highest BCUT2D eigenvalue weighted by Gasteiger charge is 2.26. The van der Waals surface area contributed by atoms with Gasteiger partial charge in [0.15, 0.2) is 0 Å². The highest BCUT2D eigenvalue weighted by molar-refractivity contribution is 5.96. The van der Waals surface area contributed by atoms with Crippen LogP contribution < -0.4 is 5.32 Å². The van der Waals surface area contributed by atoms with Crippen molar-refractivity contribution in [3.63, 3.8) is 0 Å². The molecule has 27 heavy (non-hydrogen) atoms. The van der Waals surface area contributed by atoms with Crippen molar-refractivity contribution in [1.29, 1.82) is 0 Å². The van der Waals surface area contributed by atoms with Crippen LogP contribution in [0.4, 0.5) is 0 Å². The number of likely N-dealkylation sites (tertiary alicyclic amines) is 1. The van der Waals surface area contributed by atoms with Gasteiger partial charge in [-0.05, 0) is 43.5 Å². The molecule has 3 rings (SSSR count). The number of carbonyl (C=O) groups is 3. The maximum absolute atomic E-state index is 12.6. The first-order chi connectivity index (χ1) is 13.0. The van der Waals surface area contributed by atoms with E-state index in [1.807, 2.05) is 25.1 Å². The first-order valence-corrected chi connectivity index (χ1v) is 8.82. The molecular weight excluding hydrogens is 346 g/mol. The molecule has 2 N–H and O–H groups in total. The van der Waals surface area contributed by atoms with Gasteiger partial charge in [-0.3, -0.25) is 9.59 Å². The Morgan fingerprint density at radius 3 is 2.37 bits per heavy atom. The van der Waals surface area contributed by atoms with E-state index in [0.29, 0.717) is 31.5 Å². The lowest BCUT2D eigenvalue weighted by Crippen LogP contribution is -2.46. The van der Waals surface area contributed by atoms with Crippen LogP contribution in [0.1, 0.15) is 49.7 Å². The summed E-state index contributed by atoms with van der Waals surface area (Å²) in [6.07, 6.45) is 1.28. The maximum Gasteiger partial charge on any atom is 0.354 e. The number of aromatic nitrogens is 1. The van der Waals surface area contributed by atoms with Crippen molar-refractivity contribution >= 4 is 17.8 Å². The Kier molecular flexibility index (Phi) is 5.49. The average molecular weight is 367 g/mol. The normalized spacial score (nSPS) is 14.6. The number of carbonyl (C=O) groups excluding carboxylic acids is 2. The summed E-state index contributed by atoms with van der Waals surface area (Å²) in [5, 5.41) is 12.0. The molecule has 1 aliphatic rings. The third-order valence-electron chi connectivity index (χ3n) is 4.69. The fraction of sp³-hybridized carbons (Fsp3) is 0.300. The second-order valence-electron chi connectivity index (χ2n) is 6.57. The standard InChI is InChI=1S/C20H21N3O4/c1-13-5-2-3-6-15(13)18(24)21-14-9-11-23(12-10-14)19(25)16-7-4-8-17(22-16)20(26)27/h2-8,14H,9-12H2,1H3,(H,21,24)(H,26,27). The predicted molar refractivity (Wildman–Crippen MR) is 98.8 cm³/mol. The third-order valence-corrected chi connectivity index (χ3v) is 4.69. The molecule has 2 aromatic rings.